The fraction of sp³-hybridized carbons (Fsp3) is 0.927. The molecular weight excluding hydrogens is 588 g/mol. The highest BCUT2D eigenvalue weighted by Crippen LogP contribution is 2.14. The van der Waals surface area contributed by atoms with Crippen molar-refractivity contribution in [2.24, 2.45) is 0 Å². The van der Waals surface area contributed by atoms with E-state index >= 15 is 0 Å². The van der Waals surface area contributed by atoms with E-state index in [0.717, 1.165) is 38.5 Å². The van der Waals surface area contributed by atoms with E-state index in [1.807, 2.05) is 0 Å². The number of hydrogen-bond donors (Lipinski definition) is 3. The molecule has 0 aromatic heterocycles. The number of unbranched alkanes of at least 4 members (excludes halogenated alkanes) is 29. The number of rotatable bonds is 35. The Morgan fingerprint density at radius 3 is 0.511 bits per heavy atom. The Morgan fingerprint density at radius 2 is 0.383 bits per heavy atom. The number of hydrogen-bond acceptors (Lipinski definition) is 3. The van der Waals surface area contributed by atoms with Gasteiger partial charge in [0.1, 0.15) is 0 Å². The molecule has 6 nitrogen and oxygen atoms in total. The van der Waals surface area contributed by atoms with Crippen molar-refractivity contribution in [3.63, 3.8) is 0 Å². The smallest absolute Gasteiger partial charge is 0.303 e. The summed E-state index contributed by atoms with van der Waals surface area (Å²) >= 11 is 0. The van der Waals surface area contributed by atoms with Crippen LogP contribution in [0.1, 0.15) is 245 Å². The Bertz CT molecular complexity index is 585. The molecule has 47 heavy (non-hydrogen) atoms. The average molecular weight is 671 g/mol. The zero-order valence-electron chi connectivity index (χ0n) is 31.8. The van der Waals surface area contributed by atoms with Crippen LogP contribution in [0.15, 0.2) is 0 Å². The van der Waals surface area contributed by atoms with E-state index in [-0.39, 0.29) is 0 Å². The van der Waals surface area contributed by atoms with Gasteiger partial charge in [-0.05, 0) is 19.3 Å². The molecular formula is C41H82O6. The summed E-state index contributed by atoms with van der Waals surface area (Å²) in [4.78, 5) is 30.8. The minimum atomic E-state index is -0.658. The van der Waals surface area contributed by atoms with Crippen LogP contribution < -0.4 is 0 Å². The Labute approximate surface area is 292 Å². The molecule has 0 aliphatic rings. The molecule has 0 aliphatic carbocycles. The molecule has 0 spiro atoms. The van der Waals surface area contributed by atoms with Gasteiger partial charge >= 0.3 is 17.9 Å². The lowest BCUT2D eigenvalue weighted by atomic mass is 10.1. The van der Waals surface area contributed by atoms with E-state index < -0.39 is 17.9 Å². The highest BCUT2D eigenvalue weighted by atomic mass is 16.4. The highest BCUT2D eigenvalue weighted by Gasteiger charge is 1.99. The topological polar surface area (TPSA) is 112 Å². The summed E-state index contributed by atoms with van der Waals surface area (Å²) in [7, 11) is 0. The van der Waals surface area contributed by atoms with Gasteiger partial charge in [-0.2, -0.15) is 0 Å². The standard InChI is InChI=1S/2C14H28O2.C13H26O2/c2*1-2-3-4-5-6-7-8-9-10-11-12-13-14(15)16;1-2-3-4-5-6-7-8-9-10-11-12-13(14)15/h2*2-13H2,1H3,(H,15,16);2-12H2,1H3,(H,14,15). The number of carbonyl (C=O) groups is 3. The molecule has 0 heterocycles. The van der Waals surface area contributed by atoms with Gasteiger partial charge in [0.05, 0.1) is 0 Å². The Hall–Kier alpha value is -1.59. The SMILES string of the molecule is CCCCCCCCCCCCC(=O)O.CCCCCCCCCCCCCC(=O)O.CCCCCCCCCCCCCC(=O)O. The van der Waals surface area contributed by atoms with E-state index in [1.54, 1.807) is 0 Å². The van der Waals surface area contributed by atoms with Crippen molar-refractivity contribution >= 4 is 17.9 Å². The lowest BCUT2D eigenvalue weighted by Crippen LogP contribution is -1.93. The number of carboxylic acid groups (broad SMARTS) is 3. The molecule has 0 unspecified atom stereocenters. The van der Waals surface area contributed by atoms with Crippen molar-refractivity contribution in [2.45, 2.75) is 245 Å². The molecule has 0 amide bonds. The van der Waals surface area contributed by atoms with Crippen LogP contribution in [0.3, 0.4) is 0 Å². The molecule has 0 aromatic carbocycles. The summed E-state index contributed by atoms with van der Waals surface area (Å²) in [5, 5.41) is 25.4. The average Bonchev–Trinajstić information content (AvgIpc) is 3.03. The largest absolute Gasteiger partial charge is 0.481 e. The van der Waals surface area contributed by atoms with Crippen molar-refractivity contribution in [1.82, 2.24) is 0 Å². The predicted molar refractivity (Wildman–Crippen MR) is 202 cm³/mol. The van der Waals surface area contributed by atoms with E-state index in [1.165, 1.54) is 167 Å². The molecule has 282 valence electrons. The number of carboxylic acids is 3. The first-order chi connectivity index (χ1) is 22.8. The van der Waals surface area contributed by atoms with Crippen LogP contribution in [0.4, 0.5) is 0 Å². The molecule has 0 rings (SSSR count). The Morgan fingerprint density at radius 1 is 0.255 bits per heavy atom. The van der Waals surface area contributed by atoms with Gasteiger partial charge in [0.25, 0.3) is 0 Å². The van der Waals surface area contributed by atoms with Crippen LogP contribution in [0.25, 0.3) is 0 Å². The quantitative estimate of drug-likeness (QED) is 0.0578. The molecule has 0 atom stereocenters. The first kappa shape index (κ1) is 49.8. The molecule has 0 radical (unpaired) electrons. The van der Waals surface area contributed by atoms with Crippen LogP contribution in [0, 0.1) is 0 Å². The van der Waals surface area contributed by atoms with Gasteiger partial charge in [0.2, 0.25) is 0 Å². The molecule has 3 N–H and O–H groups in total. The van der Waals surface area contributed by atoms with Crippen molar-refractivity contribution in [2.75, 3.05) is 0 Å². The van der Waals surface area contributed by atoms with E-state index in [9.17, 15) is 14.4 Å². The molecule has 0 saturated heterocycles. The third-order valence-electron chi connectivity index (χ3n) is 8.73. The zero-order valence-corrected chi connectivity index (χ0v) is 31.8. The second-order valence-electron chi connectivity index (χ2n) is 13.7. The van der Waals surface area contributed by atoms with Gasteiger partial charge in [-0.25, -0.2) is 0 Å². The van der Waals surface area contributed by atoms with Crippen LogP contribution in [-0.4, -0.2) is 33.2 Å². The lowest BCUT2D eigenvalue weighted by molar-refractivity contribution is -0.138. The van der Waals surface area contributed by atoms with Gasteiger partial charge in [-0.3, -0.25) is 14.4 Å². The fourth-order valence-electron chi connectivity index (χ4n) is 5.64. The Kier molecular flexibility index (Phi) is 49.3. The van der Waals surface area contributed by atoms with Gasteiger partial charge < -0.3 is 15.3 Å². The van der Waals surface area contributed by atoms with Gasteiger partial charge in [-0.15, -0.1) is 0 Å². The highest BCUT2D eigenvalue weighted by molar-refractivity contribution is 5.67. The van der Waals surface area contributed by atoms with Crippen molar-refractivity contribution in [3.05, 3.63) is 0 Å². The van der Waals surface area contributed by atoms with Gasteiger partial charge in [-0.1, -0.05) is 207 Å². The molecule has 0 aromatic rings. The van der Waals surface area contributed by atoms with Crippen molar-refractivity contribution in [1.29, 1.82) is 0 Å². The molecule has 0 fully saturated rings. The maximum Gasteiger partial charge on any atom is 0.303 e. The Balaban J connectivity index is -0.000000618. The third-order valence-corrected chi connectivity index (χ3v) is 8.73. The van der Waals surface area contributed by atoms with Gasteiger partial charge in [0.15, 0.2) is 0 Å². The fourth-order valence-corrected chi connectivity index (χ4v) is 5.64. The predicted octanol–water partition coefficient (Wildman–Crippen LogP) is 13.9. The summed E-state index contributed by atoms with van der Waals surface area (Å²) in [6.45, 7) is 6.73. The maximum absolute atomic E-state index is 10.3. The van der Waals surface area contributed by atoms with E-state index in [0.29, 0.717) is 19.3 Å². The van der Waals surface area contributed by atoms with Gasteiger partial charge in [0, 0.05) is 19.3 Å². The summed E-state index contributed by atoms with van der Waals surface area (Å²) in [6.07, 6.45) is 41.6. The first-order valence-corrected chi connectivity index (χ1v) is 20.5. The molecule has 0 bridgehead atoms. The van der Waals surface area contributed by atoms with Crippen LogP contribution in [0.2, 0.25) is 0 Å². The lowest BCUT2D eigenvalue weighted by Gasteiger charge is -2.01. The number of aliphatic carboxylic acids is 3. The van der Waals surface area contributed by atoms with Crippen molar-refractivity contribution in [3.8, 4) is 0 Å². The second-order valence-corrected chi connectivity index (χ2v) is 13.7. The van der Waals surface area contributed by atoms with Crippen LogP contribution >= 0.6 is 0 Å². The van der Waals surface area contributed by atoms with E-state index in [2.05, 4.69) is 20.8 Å². The molecule has 6 heteroatoms. The molecule has 0 saturated carbocycles. The monoisotopic (exact) mass is 671 g/mol. The summed E-state index contributed by atoms with van der Waals surface area (Å²) in [6, 6.07) is 0. The zero-order chi connectivity index (χ0) is 35.5. The summed E-state index contributed by atoms with van der Waals surface area (Å²) in [5.74, 6) is -1.97. The van der Waals surface area contributed by atoms with Crippen molar-refractivity contribution < 1.29 is 29.7 Å². The van der Waals surface area contributed by atoms with E-state index in [4.69, 9.17) is 15.3 Å². The minimum absolute atomic E-state index is 0.344. The van der Waals surface area contributed by atoms with Crippen LogP contribution in [0.5, 0.6) is 0 Å². The second kappa shape index (κ2) is 46.5. The van der Waals surface area contributed by atoms with Crippen LogP contribution in [-0.2, 0) is 14.4 Å². The molecule has 0 aliphatic heterocycles. The third kappa shape index (κ3) is 60.3. The normalized spacial score (nSPS) is 10.5. The summed E-state index contributed by atoms with van der Waals surface area (Å²) < 4.78 is 0. The summed E-state index contributed by atoms with van der Waals surface area (Å²) in [5.41, 5.74) is 0. The maximum atomic E-state index is 10.3. The first-order valence-electron chi connectivity index (χ1n) is 20.5. The minimum Gasteiger partial charge on any atom is -0.481 e.